The second kappa shape index (κ2) is 2.85. The van der Waals surface area contributed by atoms with Gasteiger partial charge in [0.2, 0.25) is 0 Å². The first-order valence-electron chi connectivity index (χ1n) is 3.86. The summed E-state index contributed by atoms with van der Waals surface area (Å²) in [5.41, 5.74) is 0.813. The van der Waals surface area contributed by atoms with Crippen molar-refractivity contribution in [3.05, 3.63) is 24.7 Å². The summed E-state index contributed by atoms with van der Waals surface area (Å²) in [7, 11) is 0. The van der Waals surface area contributed by atoms with E-state index in [2.05, 4.69) is 4.98 Å². The lowest BCUT2D eigenvalue weighted by atomic mass is 10.3. The van der Waals surface area contributed by atoms with Gasteiger partial charge in [-0.15, -0.1) is 0 Å². The summed E-state index contributed by atoms with van der Waals surface area (Å²) in [4.78, 5) is 3.99. The standard InChI is InChI=1S/C9H9NO2/c1-2-11-9-6-12-8-3-4-10-5-7(8)9/h3-6H,2H2,1H3. The highest BCUT2D eigenvalue weighted by Gasteiger charge is 2.04. The number of nitrogens with zero attached hydrogens (tertiary/aromatic N) is 1. The van der Waals surface area contributed by atoms with Crippen LogP contribution in [0.1, 0.15) is 6.92 Å². The molecule has 0 spiro atoms. The van der Waals surface area contributed by atoms with E-state index in [1.807, 2.05) is 13.0 Å². The quantitative estimate of drug-likeness (QED) is 0.680. The summed E-state index contributed by atoms with van der Waals surface area (Å²) >= 11 is 0. The molecule has 0 saturated heterocycles. The van der Waals surface area contributed by atoms with Gasteiger partial charge < -0.3 is 9.15 Å². The third-order valence-corrected chi connectivity index (χ3v) is 1.64. The highest BCUT2D eigenvalue weighted by Crippen LogP contribution is 2.26. The molecule has 0 bridgehead atoms. The van der Waals surface area contributed by atoms with E-state index in [4.69, 9.17) is 9.15 Å². The molecule has 0 aliphatic heterocycles. The number of ether oxygens (including phenoxy) is 1. The Morgan fingerprint density at radius 1 is 1.58 bits per heavy atom. The third-order valence-electron chi connectivity index (χ3n) is 1.64. The molecule has 2 aromatic rings. The predicted octanol–water partition coefficient (Wildman–Crippen LogP) is 2.23. The summed E-state index contributed by atoms with van der Waals surface area (Å²) in [5.74, 6) is 0.764. The Bertz CT molecular complexity index is 381. The van der Waals surface area contributed by atoms with Crippen molar-refractivity contribution >= 4 is 11.0 Å². The molecular formula is C9H9NO2. The number of aromatic nitrogens is 1. The monoisotopic (exact) mass is 163 g/mol. The molecule has 0 fully saturated rings. The number of furan rings is 1. The molecule has 0 saturated carbocycles. The molecule has 0 atom stereocenters. The zero-order chi connectivity index (χ0) is 8.39. The van der Waals surface area contributed by atoms with Crippen molar-refractivity contribution in [2.75, 3.05) is 6.61 Å². The maximum absolute atomic E-state index is 5.33. The lowest BCUT2D eigenvalue weighted by Gasteiger charge is -1.96. The maximum atomic E-state index is 5.33. The normalized spacial score (nSPS) is 10.4. The van der Waals surface area contributed by atoms with Crippen LogP contribution in [0.15, 0.2) is 29.1 Å². The van der Waals surface area contributed by atoms with E-state index in [0.717, 1.165) is 16.7 Å². The Hall–Kier alpha value is -1.51. The number of pyridine rings is 1. The zero-order valence-corrected chi connectivity index (χ0v) is 6.78. The van der Waals surface area contributed by atoms with E-state index in [1.165, 1.54) is 0 Å². The lowest BCUT2D eigenvalue weighted by Crippen LogP contribution is -1.89. The Labute approximate surface area is 70.0 Å². The summed E-state index contributed by atoms with van der Waals surface area (Å²) in [6.45, 7) is 2.58. The molecule has 0 aliphatic rings. The van der Waals surface area contributed by atoms with E-state index in [-0.39, 0.29) is 0 Å². The first-order chi connectivity index (χ1) is 5.92. The van der Waals surface area contributed by atoms with Gasteiger partial charge in [0.05, 0.1) is 12.0 Å². The van der Waals surface area contributed by atoms with Crippen LogP contribution in [0, 0.1) is 0 Å². The average Bonchev–Trinajstić information content (AvgIpc) is 2.50. The van der Waals surface area contributed by atoms with Gasteiger partial charge in [-0.2, -0.15) is 0 Å². The van der Waals surface area contributed by atoms with Crippen molar-refractivity contribution < 1.29 is 9.15 Å². The van der Waals surface area contributed by atoms with Gasteiger partial charge in [-0.25, -0.2) is 0 Å². The van der Waals surface area contributed by atoms with Crippen molar-refractivity contribution in [2.45, 2.75) is 6.92 Å². The van der Waals surface area contributed by atoms with Crippen LogP contribution in [0.3, 0.4) is 0 Å². The molecule has 62 valence electrons. The van der Waals surface area contributed by atoms with Crippen molar-refractivity contribution in [1.82, 2.24) is 4.98 Å². The topological polar surface area (TPSA) is 35.3 Å². The largest absolute Gasteiger partial charge is 0.490 e. The fourth-order valence-corrected chi connectivity index (χ4v) is 1.12. The average molecular weight is 163 g/mol. The Morgan fingerprint density at radius 2 is 2.50 bits per heavy atom. The van der Waals surface area contributed by atoms with E-state index in [9.17, 15) is 0 Å². The summed E-state index contributed by atoms with van der Waals surface area (Å²) in [6.07, 6.45) is 5.04. The SMILES string of the molecule is CCOc1coc2ccncc12. The lowest BCUT2D eigenvalue weighted by molar-refractivity contribution is 0.338. The van der Waals surface area contributed by atoms with Gasteiger partial charge in [0.15, 0.2) is 5.75 Å². The summed E-state index contributed by atoms with van der Waals surface area (Å²) < 4.78 is 10.6. The fraction of sp³-hybridized carbons (Fsp3) is 0.222. The summed E-state index contributed by atoms with van der Waals surface area (Å²) in [6, 6.07) is 1.82. The fourth-order valence-electron chi connectivity index (χ4n) is 1.12. The minimum absolute atomic E-state index is 0.642. The van der Waals surface area contributed by atoms with E-state index in [0.29, 0.717) is 6.61 Å². The van der Waals surface area contributed by atoms with Gasteiger partial charge in [0.25, 0.3) is 0 Å². The van der Waals surface area contributed by atoms with Gasteiger partial charge in [0, 0.05) is 12.4 Å². The Morgan fingerprint density at radius 3 is 3.33 bits per heavy atom. The molecule has 2 rings (SSSR count). The van der Waals surface area contributed by atoms with Gasteiger partial charge in [-0.3, -0.25) is 4.98 Å². The minimum Gasteiger partial charge on any atom is -0.490 e. The summed E-state index contributed by atoms with van der Waals surface area (Å²) in [5, 5.41) is 0.930. The van der Waals surface area contributed by atoms with Crippen LogP contribution in [-0.4, -0.2) is 11.6 Å². The molecule has 3 heteroatoms. The van der Waals surface area contributed by atoms with E-state index >= 15 is 0 Å². The number of fused-ring (bicyclic) bond motifs is 1. The van der Waals surface area contributed by atoms with Gasteiger partial charge >= 0.3 is 0 Å². The second-order valence-electron chi connectivity index (χ2n) is 2.40. The van der Waals surface area contributed by atoms with Crippen LogP contribution in [0.25, 0.3) is 11.0 Å². The smallest absolute Gasteiger partial charge is 0.166 e. The van der Waals surface area contributed by atoms with Crippen LogP contribution in [0.4, 0.5) is 0 Å². The first kappa shape index (κ1) is 7.16. The third kappa shape index (κ3) is 1.03. The molecule has 0 N–H and O–H groups in total. The van der Waals surface area contributed by atoms with Crippen LogP contribution >= 0.6 is 0 Å². The van der Waals surface area contributed by atoms with Crippen LogP contribution in [0.5, 0.6) is 5.75 Å². The van der Waals surface area contributed by atoms with E-state index in [1.54, 1.807) is 18.7 Å². The van der Waals surface area contributed by atoms with Crippen molar-refractivity contribution in [1.29, 1.82) is 0 Å². The Balaban J connectivity index is 2.55. The molecule has 3 nitrogen and oxygen atoms in total. The molecule has 2 aromatic heterocycles. The number of hydrogen-bond acceptors (Lipinski definition) is 3. The first-order valence-corrected chi connectivity index (χ1v) is 3.86. The van der Waals surface area contributed by atoms with Gasteiger partial charge in [-0.05, 0) is 13.0 Å². The Kier molecular flexibility index (Phi) is 1.70. The molecule has 0 amide bonds. The van der Waals surface area contributed by atoms with E-state index < -0.39 is 0 Å². The molecule has 0 unspecified atom stereocenters. The van der Waals surface area contributed by atoms with Crippen molar-refractivity contribution in [2.24, 2.45) is 0 Å². The zero-order valence-electron chi connectivity index (χ0n) is 6.78. The van der Waals surface area contributed by atoms with Crippen molar-refractivity contribution in [3.63, 3.8) is 0 Å². The molecule has 0 aliphatic carbocycles. The van der Waals surface area contributed by atoms with Crippen molar-refractivity contribution in [3.8, 4) is 5.75 Å². The predicted molar refractivity (Wildman–Crippen MR) is 45.2 cm³/mol. The number of rotatable bonds is 2. The minimum atomic E-state index is 0.642. The highest BCUT2D eigenvalue weighted by molar-refractivity contribution is 5.82. The highest BCUT2D eigenvalue weighted by atomic mass is 16.5. The van der Waals surface area contributed by atoms with Crippen LogP contribution in [0.2, 0.25) is 0 Å². The van der Waals surface area contributed by atoms with Gasteiger partial charge in [0.1, 0.15) is 11.8 Å². The maximum Gasteiger partial charge on any atom is 0.166 e. The molecule has 0 aromatic carbocycles. The van der Waals surface area contributed by atoms with Crippen LogP contribution < -0.4 is 4.74 Å². The number of hydrogen-bond donors (Lipinski definition) is 0. The molecule has 2 heterocycles. The molecule has 0 radical (unpaired) electrons. The van der Waals surface area contributed by atoms with Gasteiger partial charge in [-0.1, -0.05) is 0 Å². The molecule has 12 heavy (non-hydrogen) atoms. The van der Waals surface area contributed by atoms with Crippen LogP contribution in [-0.2, 0) is 0 Å². The molecular weight excluding hydrogens is 154 g/mol. The second-order valence-corrected chi connectivity index (χ2v) is 2.40.